The first kappa shape index (κ1) is 14.2. The van der Waals surface area contributed by atoms with Gasteiger partial charge in [0.05, 0.1) is 35.8 Å². The van der Waals surface area contributed by atoms with E-state index < -0.39 is 17.3 Å². The van der Waals surface area contributed by atoms with Crippen molar-refractivity contribution in [2.45, 2.75) is 19.3 Å². The van der Waals surface area contributed by atoms with Crippen molar-refractivity contribution in [2.75, 3.05) is 13.1 Å². The van der Waals surface area contributed by atoms with Gasteiger partial charge in [0.15, 0.2) is 0 Å². The van der Waals surface area contributed by atoms with Crippen molar-refractivity contribution in [3.8, 4) is 5.69 Å². The van der Waals surface area contributed by atoms with Crippen LogP contribution in [-0.2, 0) is 0 Å². The first-order valence-corrected chi connectivity index (χ1v) is 7.42. The molecule has 2 fully saturated rings. The van der Waals surface area contributed by atoms with E-state index in [2.05, 4.69) is 15.3 Å². The fraction of sp³-hybridized carbons (Fsp3) is 0.467. The van der Waals surface area contributed by atoms with E-state index in [-0.39, 0.29) is 12.5 Å². The van der Waals surface area contributed by atoms with Gasteiger partial charge in [-0.15, -0.1) is 5.10 Å². The van der Waals surface area contributed by atoms with Crippen LogP contribution in [0.3, 0.4) is 0 Å². The third-order valence-corrected chi connectivity index (χ3v) is 5.13. The summed E-state index contributed by atoms with van der Waals surface area (Å²) in [5.41, 5.74) is 0.0301. The lowest BCUT2D eigenvalue weighted by Crippen LogP contribution is -2.38. The molecule has 1 saturated heterocycles. The van der Waals surface area contributed by atoms with Crippen molar-refractivity contribution in [2.24, 2.45) is 11.3 Å². The van der Waals surface area contributed by atoms with E-state index in [1.54, 1.807) is 25.4 Å². The minimum Gasteiger partial charge on any atom is -0.338 e. The summed E-state index contributed by atoms with van der Waals surface area (Å²) in [6.07, 6.45) is 6.50. The van der Waals surface area contributed by atoms with Crippen LogP contribution in [-0.4, -0.2) is 49.8 Å². The summed E-state index contributed by atoms with van der Waals surface area (Å²) in [7, 11) is 0. The van der Waals surface area contributed by atoms with Gasteiger partial charge < -0.3 is 4.90 Å². The molecule has 120 valence electrons. The highest BCUT2D eigenvalue weighted by Crippen LogP contribution is 2.69. The van der Waals surface area contributed by atoms with E-state index in [9.17, 15) is 13.6 Å². The summed E-state index contributed by atoms with van der Waals surface area (Å²) in [4.78, 5) is 18.1. The fourth-order valence-electron chi connectivity index (χ4n) is 3.39. The Hall–Kier alpha value is -2.38. The predicted molar refractivity (Wildman–Crippen MR) is 76.2 cm³/mol. The largest absolute Gasteiger partial charge is 0.338 e. The van der Waals surface area contributed by atoms with Gasteiger partial charge in [0.2, 0.25) is 0 Å². The molecule has 0 aromatic carbocycles. The van der Waals surface area contributed by atoms with Crippen LogP contribution in [0.4, 0.5) is 8.78 Å². The molecule has 1 aliphatic heterocycles. The number of carbonyl (C=O) groups is 1. The highest BCUT2D eigenvalue weighted by molar-refractivity contribution is 5.94. The van der Waals surface area contributed by atoms with Crippen LogP contribution in [0.1, 0.15) is 23.7 Å². The average molecular weight is 319 g/mol. The molecule has 3 heterocycles. The lowest BCUT2D eigenvalue weighted by molar-refractivity contribution is 0.0635. The van der Waals surface area contributed by atoms with Crippen LogP contribution >= 0.6 is 0 Å². The molecule has 8 heteroatoms. The number of aromatic nitrogens is 4. The van der Waals surface area contributed by atoms with Crippen molar-refractivity contribution in [1.82, 2.24) is 24.9 Å². The summed E-state index contributed by atoms with van der Waals surface area (Å²) in [6.45, 7) is 2.04. The Kier molecular flexibility index (Phi) is 2.82. The van der Waals surface area contributed by atoms with Crippen molar-refractivity contribution < 1.29 is 13.6 Å². The number of alkyl halides is 2. The van der Waals surface area contributed by atoms with Crippen LogP contribution in [0.2, 0.25) is 0 Å². The normalized spacial score (nSPS) is 28.3. The van der Waals surface area contributed by atoms with Crippen LogP contribution in [0.5, 0.6) is 0 Å². The molecule has 1 saturated carbocycles. The monoisotopic (exact) mass is 319 g/mol. The van der Waals surface area contributed by atoms with Gasteiger partial charge in [-0.1, -0.05) is 12.1 Å². The number of fused-ring (bicyclic) bond motifs is 1. The molecular formula is C15H15F2N5O. The third-order valence-electron chi connectivity index (χ3n) is 5.13. The number of rotatable bonds is 2. The first-order chi connectivity index (χ1) is 10.9. The third kappa shape index (κ3) is 1.97. The minimum absolute atomic E-state index is 0.0931. The molecule has 0 radical (unpaired) electrons. The topological polar surface area (TPSA) is 63.9 Å². The predicted octanol–water partition coefficient (Wildman–Crippen LogP) is 1.78. The van der Waals surface area contributed by atoms with Crippen molar-refractivity contribution >= 4 is 5.91 Å². The van der Waals surface area contributed by atoms with Crippen LogP contribution in [0.25, 0.3) is 5.69 Å². The van der Waals surface area contributed by atoms with Gasteiger partial charge in [0, 0.05) is 24.7 Å². The average Bonchev–Trinajstić information content (AvgIpc) is 2.95. The maximum Gasteiger partial charge on any atom is 0.259 e. The molecular weight excluding hydrogens is 304 g/mol. The van der Waals surface area contributed by atoms with Gasteiger partial charge >= 0.3 is 0 Å². The van der Waals surface area contributed by atoms with Crippen molar-refractivity contribution in [3.05, 3.63) is 36.4 Å². The van der Waals surface area contributed by atoms with Crippen LogP contribution < -0.4 is 0 Å². The van der Waals surface area contributed by atoms with E-state index in [1.165, 1.54) is 22.0 Å². The first-order valence-electron chi connectivity index (χ1n) is 7.42. The quantitative estimate of drug-likeness (QED) is 0.846. The van der Waals surface area contributed by atoms with Gasteiger partial charge in [-0.05, 0) is 12.5 Å². The van der Waals surface area contributed by atoms with Gasteiger partial charge in [0.1, 0.15) is 0 Å². The zero-order valence-corrected chi connectivity index (χ0v) is 12.5. The Morgan fingerprint density at radius 2 is 2.22 bits per heavy atom. The maximum absolute atomic E-state index is 13.8. The zero-order valence-electron chi connectivity index (χ0n) is 12.5. The van der Waals surface area contributed by atoms with Crippen LogP contribution in [0.15, 0.2) is 30.9 Å². The number of carbonyl (C=O) groups excluding carboxylic acids is 1. The Balaban J connectivity index is 1.55. The van der Waals surface area contributed by atoms with E-state index in [4.69, 9.17) is 0 Å². The lowest BCUT2D eigenvalue weighted by Gasteiger charge is -2.28. The number of pyridine rings is 1. The number of likely N-dealkylation sites (tertiary alicyclic amines) is 1. The maximum atomic E-state index is 13.8. The number of piperidine rings is 1. The van der Waals surface area contributed by atoms with E-state index in [0.29, 0.717) is 24.2 Å². The molecule has 4 rings (SSSR count). The summed E-state index contributed by atoms with van der Waals surface area (Å²) in [6, 6.07) is 1.64. The molecule has 1 amide bonds. The second kappa shape index (κ2) is 4.56. The van der Waals surface area contributed by atoms with Gasteiger partial charge in [-0.3, -0.25) is 9.78 Å². The number of hydrogen-bond acceptors (Lipinski definition) is 4. The molecule has 0 bridgehead atoms. The van der Waals surface area contributed by atoms with Gasteiger partial charge in [0.25, 0.3) is 11.8 Å². The molecule has 23 heavy (non-hydrogen) atoms. The molecule has 6 nitrogen and oxygen atoms in total. The molecule has 0 N–H and O–H groups in total. The SMILES string of the molecule is CC12CCN(C(=O)c3cncc(-n4ccnn4)c3)CC1C2(F)F. The highest BCUT2D eigenvalue weighted by Gasteiger charge is 2.78. The number of hydrogen-bond donors (Lipinski definition) is 0. The smallest absolute Gasteiger partial charge is 0.259 e. The Labute approximate surface area is 131 Å². The molecule has 2 aromatic heterocycles. The minimum atomic E-state index is -2.66. The standard InChI is InChI=1S/C15H15F2N5O/c1-14-2-4-21(9-12(14)15(14,16)17)13(23)10-6-11(8-18-7-10)22-5-3-19-20-22/h3,5-8,12H,2,4,9H2,1H3. The summed E-state index contributed by atoms with van der Waals surface area (Å²) in [5, 5.41) is 7.56. The Morgan fingerprint density at radius 1 is 1.39 bits per heavy atom. The van der Waals surface area contributed by atoms with E-state index >= 15 is 0 Å². The van der Waals surface area contributed by atoms with Gasteiger partial charge in [-0.25, -0.2) is 13.5 Å². The summed E-state index contributed by atoms with van der Waals surface area (Å²) in [5.74, 6) is -3.67. The number of halogens is 2. The Bertz CT molecular complexity index is 763. The Morgan fingerprint density at radius 3 is 2.91 bits per heavy atom. The zero-order chi connectivity index (χ0) is 16.2. The van der Waals surface area contributed by atoms with E-state index in [0.717, 1.165) is 0 Å². The second-order valence-corrected chi connectivity index (χ2v) is 6.37. The van der Waals surface area contributed by atoms with Crippen molar-refractivity contribution in [3.63, 3.8) is 0 Å². The second-order valence-electron chi connectivity index (χ2n) is 6.37. The van der Waals surface area contributed by atoms with Crippen molar-refractivity contribution in [1.29, 1.82) is 0 Å². The van der Waals surface area contributed by atoms with Crippen LogP contribution in [0, 0.1) is 11.3 Å². The van der Waals surface area contributed by atoms with E-state index in [1.807, 2.05) is 0 Å². The molecule has 0 spiro atoms. The summed E-state index contributed by atoms with van der Waals surface area (Å²) < 4.78 is 29.1. The fourth-order valence-corrected chi connectivity index (χ4v) is 3.39. The molecule has 2 unspecified atom stereocenters. The van der Waals surface area contributed by atoms with Gasteiger partial charge in [-0.2, -0.15) is 0 Å². The lowest BCUT2D eigenvalue weighted by atomic mass is 9.97. The highest BCUT2D eigenvalue weighted by atomic mass is 19.3. The number of nitrogens with zero attached hydrogens (tertiary/aromatic N) is 5. The molecule has 2 atom stereocenters. The molecule has 1 aliphatic carbocycles. The molecule has 2 aliphatic rings. The number of amides is 1. The summed E-state index contributed by atoms with van der Waals surface area (Å²) >= 11 is 0. The molecule has 2 aromatic rings.